The predicted molar refractivity (Wildman–Crippen MR) is 32.5 cm³/mol. The van der Waals surface area contributed by atoms with Crippen molar-refractivity contribution in [3.05, 3.63) is 5.21 Å². The smallest absolute Gasteiger partial charge is 0.153 e. The minimum Gasteiger partial charge on any atom is -0.566 e. The molecule has 2 atom stereocenters. The van der Waals surface area contributed by atoms with Gasteiger partial charge in [0.05, 0.1) is 0 Å². The van der Waals surface area contributed by atoms with Gasteiger partial charge in [0.2, 0.25) is 0 Å². The number of hydrogen-bond acceptors (Lipinski definition) is 3. The first-order valence-corrected chi connectivity index (χ1v) is 3.73. The second-order valence-electron chi connectivity index (χ2n) is 2.85. The Bertz CT molecular complexity index is 116. The van der Waals surface area contributed by atoms with Crippen LogP contribution in [0.25, 0.3) is 0 Å². The standard InChI is InChI=1S/C6H11NO3/c8-7-9-5-3-1-2-4-6(5)10-7/h5-7H,1-4H2. The molecular weight excluding hydrogens is 134 g/mol. The van der Waals surface area contributed by atoms with E-state index in [9.17, 15) is 5.21 Å². The Hall–Kier alpha value is -0.160. The van der Waals surface area contributed by atoms with Crippen molar-refractivity contribution in [3.8, 4) is 0 Å². The molecule has 58 valence electrons. The van der Waals surface area contributed by atoms with Crippen molar-refractivity contribution in [1.29, 1.82) is 0 Å². The molecule has 2 rings (SSSR count). The van der Waals surface area contributed by atoms with Crippen LogP contribution >= 0.6 is 0 Å². The van der Waals surface area contributed by atoms with E-state index in [0.717, 1.165) is 25.7 Å². The van der Waals surface area contributed by atoms with Gasteiger partial charge in [-0.25, -0.2) is 0 Å². The summed E-state index contributed by atoms with van der Waals surface area (Å²) < 4.78 is 0. The first-order chi connectivity index (χ1) is 4.86. The molecule has 1 N–H and O–H groups in total. The molecule has 0 bridgehead atoms. The van der Waals surface area contributed by atoms with Gasteiger partial charge in [0.15, 0.2) is 12.2 Å². The topological polar surface area (TPSA) is 46.0 Å². The second kappa shape index (κ2) is 2.47. The molecule has 1 heterocycles. The number of nitrogens with one attached hydrogen (secondary N) is 1. The molecule has 1 saturated carbocycles. The molecule has 0 aromatic heterocycles. The van der Waals surface area contributed by atoms with Crippen LogP contribution in [0.2, 0.25) is 0 Å². The molecule has 0 aromatic carbocycles. The van der Waals surface area contributed by atoms with Crippen LogP contribution in [0.5, 0.6) is 0 Å². The minimum absolute atomic E-state index is 0.0706. The fraction of sp³-hybridized carbons (Fsp3) is 1.00. The molecule has 0 spiro atoms. The average Bonchev–Trinajstić information content (AvgIpc) is 2.27. The van der Waals surface area contributed by atoms with Gasteiger partial charge in [0.25, 0.3) is 0 Å². The largest absolute Gasteiger partial charge is 0.566 e. The van der Waals surface area contributed by atoms with E-state index in [1.807, 2.05) is 0 Å². The van der Waals surface area contributed by atoms with Crippen molar-refractivity contribution in [2.75, 3.05) is 0 Å². The van der Waals surface area contributed by atoms with E-state index in [1.165, 1.54) is 0 Å². The third kappa shape index (κ3) is 1.03. The van der Waals surface area contributed by atoms with Crippen molar-refractivity contribution in [3.63, 3.8) is 0 Å². The highest BCUT2D eigenvalue weighted by atomic mass is 17.1. The Kier molecular flexibility index (Phi) is 1.61. The zero-order valence-corrected chi connectivity index (χ0v) is 5.71. The molecule has 1 aliphatic heterocycles. The summed E-state index contributed by atoms with van der Waals surface area (Å²) in [6, 6.07) is 0. The SMILES string of the molecule is [O-][NH+]1OC2CCCCC2O1. The van der Waals surface area contributed by atoms with E-state index in [2.05, 4.69) is 0 Å². The number of fused-ring (bicyclic) bond motifs is 1. The van der Waals surface area contributed by atoms with Crippen LogP contribution in [-0.2, 0) is 9.68 Å². The van der Waals surface area contributed by atoms with E-state index in [4.69, 9.17) is 9.68 Å². The highest BCUT2D eigenvalue weighted by Crippen LogP contribution is 2.23. The highest BCUT2D eigenvalue weighted by Gasteiger charge is 2.38. The normalized spacial score (nSPS) is 47.1. The molecule has 4 heteroatoms. The van der Waals surface area contributed by atoms with Crippen molar-refractivity contribution in [2.24, 2.45) is 0 Å². The molecule has 10 heavy (non-hydrogen) atoms. The van der Waals surface area contributed by atoms with E-state index < -0.39 is 5.39 Å². The summed E-state index contributed by atoms with van der Waals surface area (Å²) in [4.78, 5) is 9.81. The van der Waals surface area contributed by atoms with Gasteiger partial charge in [0, 0.05) is 0 Å². The molecule has 0 radical (unpaired) electrons. The van der Waals surface area contributed by atoms with Crippen LogP contribution in [0.1, 0.15) is 25.7 Å². The van der Waals surface area contributed by atoms with Crippen LogP contribution in [0.15, 0.2) is 0 Å². The lowest BCUT2D eigenvalue weighted by Gasteiger charge is -2.16. The van der Waals surface area contributed by atoms with Gasteiger partial charge in [-0.3, -0.25) is 0 Å². The van der Waals surface area contributed by atoms with Gasteiger partial charge in [-0.2, -0.15) is 9.68 Å². The summed E-state index contributed by atoms with van der Waals surface area (Å²) in [5.74, 6) is 0. The van der Waals surface area contributed by atoms with Crippen molar-refractivity contribution in [1.82, 2.24) is 0 Å². The first kappa shape index (κ1) is 6.54. The van der Waals surface area contributed by atoms with Crippen LogP contribution in [0, 0.1) is 5.21 Å². The Morgan fingerprint density at radius 2 is 1.60 bits per heavy atom. The lowest BCUT2D eigenvalue weighted by Crippen LogP contribution is -3.03. The predicted octanol–water partition coefficient (Wildman–Crippen LogP) is -0.443. The monoisotopic (exact) mass is 145 g/mol. The first-order valence-electron chi connectivity index (χ1n) is 3.73. The Morgan fingerprint density at radius 3 is 2.10 bits per heavy atom. The zero-order valence-electron chi connectivity index (χ0n) is 5.71. The van der Waals surface area contributed by atoms with E-state index >= 15 is 0 Å². The zero-order chi connectivity index (χ0) is 6.97. The van der Waals surface area contributed by atoms with Crippen molar-refractivity contribution in [2.45, 2.75) is 37.9 Å². The molecular formula is C6H11NO3. The molecule has 2 unspecified atom stereocenters. The van der Waals surface area contributed by atoms with Crippen LogP contribution in [0.4, 0.5) is 0 Å². The number of quaternary nitrogens is 1. The Balaban J connectivity index is 1.97. The maximum absolute atomic E-state index is 10.6. The summed E-state index contributed by atoms with van der Waals surface area (Å²) >= 11 is 0. The van der Waals surface area contributed by atoms with E-state index in [0.29, 0.717) is 0 Å². The minimum atomic E-state index is -0.475. The molecule has 2 aliphatic rings. The maximum Gasteiger partial charge on any atom is 0.153 e. The number of rotatable bonds is 0. The summed E-state index contributed by atoms with van der Waals surface area (Å²) in [5, 5.41) is 10.1. The van der Waals surface area contributed by atoms with Crippen LogP contribution < -0.4 is 5.39 Å². The molecule has 0 aromatic rings. The second-order valence-corrected chi connectivity index (χ2v) is 2.85. The van der Waals surface area contributed by atoms with Crippen LogP contribution in [0.3, 0.4) is 0 Å². The lowest BCUT2D eigenvalue weighted by molar-refractivity contribution is -1.19. The summed E-state index contributed by atoms with van der Waals surface area (Å²) in [5.41, 5.74) is 0. The average molecular weight is 145 g/mol. The summed E-state index contributed by atoms with van der Waals surface area (Å²) in [6.07, 6.45) is 4.44. The van der Waals surface area contributed by atoms with Gasteiger partial charge in [-0.1, -0.05) is 18.2 Å². The fourth-order valence-corrected chi connectivity index (χ4v) is 1.61. The van der Waals surface area contributed by atoms with Gasteiger partial charge < -0.3 is 5.21 Å². The molecule has 2 fully saturated rings. The quantitative estimate of drug-likeness (QED) is 0.470. The Labute approximate surface area is 59.2 Å². The molecule has 1 saturated heterocycles. The van der Waals surface area contributed by atoms with Gasteiger partial charge in [-0.15, -0.1) is 0 Å². The van der Waals surface area contributed by atoms with Crippen molar-refractivity contribution >= 4 is 0 Å². The molecule has 1 aliphatic carbocycles. The van der Waals surface area contributed by atoms with Gasteiger partial charge in [-0.05, 0) is 12.8 Å². The Morgan fingerprint density at radius 1 is 1.10 bits per heavy atom. The van der Waals surface area contributed by atoms with Gasteiger partial charge >= 0.3 is 0 Å². The number of hydrogen-bond donors (Lipinski definition) is 1. The lowest BCUT2D eigenvalue weighted by atomic mass is 9.95. The van der Waals surface area contributed by atoms with Gasteiger partial charge in [0.1, 0.15) is 0 Å². The molecule has 4 nitrogen and oxygen atoms in total. The maximum atomic E-state index is 10.6. The summed E-state index contributed by atoms with van der Waals surface area (Å²) in [7, 11) is 0. The van der Waals surface area contributed by atoms with E-state index in [1.54, 1.807) is 0 Å². The highest BCUT2D eigenvalue weighted by molar-refractivity contribution is 4.75. The fourth-order valence-electron chi connectivity index (χ4n) is 1.61. The third-order valence-electron chi connectivity index (χ3n) is 2.14. The van der Waals surface area contributed by atoms with Crippen LogP contribution in [-0.4, -0.2) is 12.2 Å². The molecule has 0 amide bonds. The van der Waals surface area contributed by atoms with E-state index in [-0.39, 0.29) is 12.2 Å². The van der Waals surface area contributed by atoms with Crippen molar-refractivity contribution < 1.29 is 15.1 Å². The summed E-state index contributed by atoms with van der Waals surface area (Å²) in [6.45, 7) is 0. The third-order valence-corrected chi connectivity index (χ3v) is 2.14.